The van der Waals surface area contributed by atoms with E-state index in [1.807, 2.05) is 69.3 Å². The van der Waals surface area contributed by atoms with Crippen molar-refractivity contribution in [2.45, 2.75) is 58.7 Å². The minimum absolute atomic E-state index is 0.0817. The number of rotatable bonds is 15. The van der Waals surface area contributed by atoms with Gasteiger partial charge in [-0.2, -0.15) is 0 Å². The van der Waals surface area contributed by atoms with Gasteiger partial charge >= 0.3 is 5.97 Å². The molecule has 1 amide bonds. The van der Waals surface area contributed by atoms with Crippen LogP contribution < -0.4 is 11.1 Å². The average Bonchev–Trinajstić information content (AvgIpc) is 3.03. The van der Waals surface area contributed by atoms with Gasteiger partial charge in [0.1, 0.15) is 17.7 Å². The molecule has 0 saturated heterocycles. The smallest absolute Gasteiger partial charge is 0.338 e. The van der Waals surface area contributed by atoms with Gasteiger partial charge in [-0.1, -0.05) is 62.4 Å². The Balaban J connectivity index is 1.53. The molecule has 4 aromatic carbocycles. The average molecular weight is 628 g/mol. The molecule has 0 unspecified atom stereocenters. The number of hydrogen-bond acceptors (Lipinski definition) is 5. The van der Waals surface area contributed by atoms with E-state index in [0.717, 1.165) is 41.2 Å². The molecule has 242 valence electrons. The molecule has 0 aliphatic rings. The molecule has 2 atom stereocenters. The summed E-state index contributed by atoms with van der Waals surface area (Å²) >= 11 is 0. The van der Waals surface area contributed by atoms with Gasteiger partial charge in [0.25, 0.3) is 5.91 Å². The fraction of sp³-hybridized carbons (Fsp3) is 0.316. The van der Waals surface area contributed by atoms with Crippen molar-refractivity contribution in [3.8, 4) is 11.1 Å². The topological polar surface area (TPSA) is 84.7 Å². The lowest BCUT2D eigenvalue weighted by atomic mass is 10.0. The van der Waals surface area contributed by atoms with Crippen LogP contribution in [0.2, 0.25) is 0 Å². The number of nitrogens with one attached hydrogen (secondary N) is 1. The minimum atomic E-state index is -0.840. The summed E-state index contributed by atoms with van der Waals surface area (Å²) in [7, 11) is 0. The standard InChI is InChI=1S/C38H43F2N3O3/c1-4-14-43(15-5-2)37(44)31-16-26(3)17-32(22-31)38(45)46-36(35(41)21-28-19-33(39)23-34(40)20-28)25-42-24-27-10-9-13-30(18-27)29-11-7-6-8-12-29/h6-13,16-20,22-23,35-36,42H,4-5,14-15,21,24-25,41H2,1-3H3/t35-,36+/m0/s1. The van der Waals surface area contributed by atoms with Crippen LogP contribution in [0, 0.1) is 18.6 Å². The Kier molecular flexibility index (Phi) is 12.6. The number of benzene rings is 4. The zero-order chi connectivity index (χ0) is 33.1. The third-order valence-electron chi connectivity index (χ3n) is 7.67. The first-order chi connectivity index (χ1) is 22.2. The summed E-state index contributed by atoms with van der Waals surface area (Å²) in [5.41, 5.74) is 11.5. The van der Waals surface area contributed by atoms with Crippen LogP contribution >= 0.6 is 0 Å². The largest absolute Gasteiger partial charge is 0.456 e. The summed E-state index contributed by atoms with van der Waals surface area (Å²) in [6.07, 6.45) is 0.890. The van der Waals surface area contributed by atoms with Crippen molar-refractivity contribution in [2.75, 3.05) is 19.6 Å². The normalized spacial score (nSPS) is 12.4. The molecule has 8 heteroatoms. The lowest BCUT2D eigenvalue weighted by Gasteiger charge is -2.25. The first kappa shape index (κ1) is 34.5. The van der Waals surface area contributed by atoms with Crippen molar-refractivity contribution in [3.63, 3.8) is 0 Å². The van der Waals surface area contributed by atoms with Gasteiger partial charge in [-0.3, -0.25) is 4.79 Å². The van der Waals surface area contributed by atoms with E-state index < -0.39 is 29.7 Å². The fourth-order valence-electron chi connectivity index (χ4n) is 5.53. The molecule has 0 saturated carbocycles. The van der Waals surface area contributed by atoms with Crippen molar-refractivity contribution in [1.82, 2.24) is 10.2 Å². The van der Waals surface area contributed by atoms with Crippen LogP contribution in [0.1, 0.15) is 64.1 Å². The monoisotopic (exact) mass is 627 g/mol. The van der Waals surface area contributed by atoms with E-state index in [1.165, 1.54) is 12.1 Å². The third kappa shape index (κ3) is 9.80. The Morgan fingerprint density at radius 2 is 1.46 bits per heavy atom. The quantitative estimate of drug-likeness (QED) is 0.138. The fourth-order valence-corrected chi connectivity index (χ4v) is 5.53. The van der Waals surface area contributed by atoms with E-state index >= 15 is 0 Å². The third-order valence-corrected chi connectivity index (χ3v) is 7.67. The van der Waals surface area contributed by atoms with Crippen LogP contribution in [-0.4, -0.2) is 48.6 Å². The molecule has 3 N–H and O–H groups in total. The Bertz CT molecular complexity index is 1590. The summed E-state index contributed by atoms with van der Waals surface area (Å²) in [4.78, 5) is 28.7. The van der Waals surface area contributed by atoms with Gasteiger partial charge in [0, 0.05) is 43.9 Å². The zero-order valence-electron chi connectivity index (χ0n) is 26.8. The number of carbonyl (C=O) groups excluding carboxylic acids is 2. The Labute approximate surface area is 270 Å². The second-order valence-electron chi connectivity index (χ2n) is 11.7. The van der Waals surface area contributed by atoms with Crippen LogP contribution in [0.3, 0.4) is 0 Å². The molecule has 0 heterocycles. The van der Waals surface area contributed by atoms with Gasteiger partial charge in [0.05, 0.1) is 5.56 Å². The first-order valence-corrected chi connectivity index (χ1v) is 15.8. The molecule has 0 aromatic heterocycles. The summed E-state index contributed by atoms with van der Waals surface area (Å²) < 4.78 is 33.9. The molecule has 4 rings (SSSR count). The van der Waals surface area contributed by atoms with E-state index in [-0.39, 0.29) is 24.4 Å². The summed E-state index contributed by atoms with van der Waals surface area (Å²) in [6, 6.07) is 25.6. The van der Waals surface area contributed by atoms with Crippen molar-refractivity contribution in [1.29, 1.82) is 0 Å². The number of hydrogen-bond donors (Lipinski definition) is 2. The molecule has 0 bridgehead atoms. The molecule has 6 nitrogen and oxygen atoms in total. The van der Waals surface area contributed by atoms with Crippen LogP contribution in [0.15, 0.2) is 91.0 Å². The maximum absolute atomic E-state index is 13.9. The van der Waals surface area contributed by atoms with E-state index in [0.29, 0.717) is 30.8 Å². The molecular formula is C38H43F2N3O3. The van der Waals surface area contributed by atoms with Crippen LogP contribution in [-0.2, 0) is 17.7 Å². The van der Waals surface area contributed by atoms with E-state index in [9.17, 15) is 18.4 Å². The molecule has 0 fully saturated rings. The SMILES string of the molecule is CCCN(CCC)C(=O)c1cc(C)cc(C(=O)O[C@H](CNCc2cccc(-c3ccccc3)c2)[C@@H](N)Cc2cc(F)cc(F)c2)c1. The highest BCUT2D eigenvalue weighted by molar-refractivity contribution is 5.98. The predicted molar refractivity (Wildman–Crippen MR) is 178 cm³/mol. The Morgan fingerprint density at radius 1 is 0.804 bits per heavy atom. The van der Waals surface area contributed by atoms with Crippen molar-refractivity contribution in [2.24, 2.45) is 5.73 Å². The van der Waals surface area contributed by atoms with Crippen LogP contribution in [0.25, 0.3) is 11.1 Å². The summed E-state index contributed by atoms with van der Waals surface area (Å²) in [5.74, 6) is -2.18. The van der Waals surface area contributed by atoms with E-state index in [2.05, 4.69) is 11.4 Å². The van der Waals surface area contributed by atoms with Gasteiger partial charge < -0.3 is 20.7 Å². The van der Waals surface area contributed by atoms with E-state index in [4.69, 9.17) is 10.5 Å². The molecule has 0 spiro atoms. The van der Waals surface area contributed by atoms with Crippen molar-refractivity contribution >= 4 is 11.9 Å². The number of aryl methyl sites for hydroxylation is 1. The molecule has 0 aliphatic carbocycles. The predicted octanol–water partition coefficient (Wildman–Crippen LogP) is 7.09. The number of halogens is 2. The second kappa shape index (κ2) is 16.8. The number of ether oxygens (including phenoxy) is 1. The highest BCUT2D eigenvalue weighted by Crippen LogP contribution is 2.21. The number of nitrogens with zero attached hydrogens (tertiary/aromatic N) is 1. The van der Waals surface area contributed by atoms with E-state index in [1.54, 1.807) is 23.1 Å². The van der Waals surface area contributed by atoms with Gasteiger partial charge in [-0.05, 0) is 90.4 Å². The number of carbonyl (C=O) groups is 2. The van der Waals surface area contributed by atoms with Gasteiger partial charge in [0.15, 0.2) is 0 Å². The van der Waals surface area contributed by atoms with Crippen molar-refractivity contribution < 1.29 is 23.1 Å². The number of nitrogens with two attached hydrogens (primary N) is 1. The summed E-state index contributed by atoms with van der Waals surface area (Å²) in [6.45, 7) is 7.78. The lowest BCUT2D eigenvalue weighted by Crippen LogP contribution is -2.46. The molecule has 46 heavy (non-hydrogen) atoms. The highest BCUT2D eigenvalue weighted by atomic mass is 19.1. The number of esters is 1. The molecule has 0 aliphatic heterocycles. The van der Waals surface area contributed by atoms with Gasteiger partial charge in [-0.25, -0.2) is 13.6 Å². The Hall–Kier alpha value is -4.40. The van der Waals surface area contributed by atoms with Crippen molar-refractivity contribution in [3.05, 3.63) is 130 Å². The number of amides is 1. The van der Waals surface area contributed by atoms with Crippen LogP contribution in [0.4, 0.5) is 8.78 Å². The minimum Gasteiger partial charge on any atom is -0.456 e. The second-order valence-corrected chi connectivity index (χ2v) is 11.7. The highest BCUT2D eigenvalue weighted by Gasteiger charge is 2.25. The maximum Gasteiger partial charge on any atom is 0.338 e. The molecule has 0 radical (unpaired) electrons. The molecule has 4 aromatic rings. The lowest BCUT2D eigenvalue weighted by molar-refractivity contribution is 0.0238. The maximum atomic E-state index is 13.9. The first-order valence-electron chi connectivity index (χ1n) is 15.8. The molecular weight excluding hydrogens is 584 g/mol. The Morgan fingerprint density at radius 3 is 2.13 bits per heavy atom. The van der Waals surface area contributed by atoms with Gasteiger partial charge in [-0.15, -0.1) is 0 Å². The summed E-state index contributed by atoms with van der Waals surface area (Å²) in [5, 5.41) is 3.34. The van der Waals surface area contributed by atoms with Gasteiger partial charge in [0.2, 0.25) is 0 Å². The zero-order valence-corrected chi connectivity index (χ0v) is 26.8. The van der Waals surface area contributed by atoms with Crippen LogP contribution in [0.5, 0.6) is 0 Å².